The summed E-state index contributed by atoms with van der Waals surface area (Å²) in [7, 11) is 0. The van der Waals surface area contributed by atoms with Crippen LogP contribution in [0.4, 0.5) is 5.69 Å². The lowest BCUT2D eigenvalue weighted by molar-refractivity contribution is 0.669. The van der Waals surface area contributed by atoms with E-state index < -0.39 is 0 Å². The minimum absolute atomic E-state index is 0.470. The Morgan fingerprint density at radius 1 is 1.38 bits per heavy atom. The Morgan fingerprint density at radius 3 is 2.56 bits per heavy atom. The zero-order chi connectivity index (χ0) is 12.1. The zero-order valence-corrected chi connectivity index (χ0v) is 12.5. The third kappa shape index (κ3) is 3.14. The molecule has 0 aliphatic carbocycles. The van der Waals surface area contributed by atoms with Gasteiger partial charge in [0, 0.05) is 17.9 Å². The summed E-state index contributed by atoms with van der Waals surface area (Å²) in [6, 6.07) is 6.57. The first-order valence-electron chi connectivity index (χ1n) is 5.71. The number of halogens is 2. The smallest absolute Gasteiger partial charge is 0.0642 e. The molecule has 0 unspecified atom stereocenters. The molecule has 0 spiro atoms. The van der Waals surface area contributed by atoms with Gasteiger partial charge in [0.1, 0.15) is 0 Å². The van der Waals surface area contributed by atoms with Crippen molar-refractivity contribution in [1.29, 1.82) is 0 Å². The van der Waals surface area contributed by atoms with Crippen molar-refractivity contribution in [2.24, 2.45) is 0 Å². The van der Waals surface area contributed by atoms with E-state index >= 15 is 0 Å². The number of benzene rings is 1. The van der Waals surface area contributed by atoms with Crippen molar-refractivity contribution in [2.75, 3.05) is 11.4 Å². The van der Waals surface area contributed by atoms with Gasteiger partial charge in [-0.2, -0.15) is 0 Å². The van der Waals surface area contributed by atoms with Gasteiger partial charge in [0.25, 0.3) is 0 Å². The van der Waals surface area contributed by atoms with Gasteiger partial charge in [-0.25, -0.2) is 0 Å². The number of hydrogen-bond acceptors (Lipinski definition) is 1. The Kier molecular flexibility index (Phi) is 5.63. The van der Waals surface area contributed by atoms with Crippen LogP contribution in [0.2, 0.25) is 5.02 Å². The van der Waals surface area contributed by atoms with Gasteiger partial charge in [-0.1, -0.05) is 46.6 Å². The quantitative estimate of drug-likeness (QED) is 0.702. The van der Waals surface area contributed by atoms with Crippen LogP contribution in [0.25, 0.3) is 0 Å². The SMILES string of the molecule is CCCN(c1c(Cl)cccc1CBr)C(C)C. The molecular formula is C13H19BrClN. The van der Waals surface area contributed by atoms with Gasteiger partial charge < -0.3 is 4.90 Å². The Labute approximate surface area is 112 Å². The van der Waals surface area contributed by atoms with E-state index in [9.17, 15) is 0 Å². The third-order valence-electron chi connectivity index (χ3n) is 2.59. The van der Waals surface area contributed by atoms with Crippen molar-refractivity contribution in [2.45, 2.75) is 38.6 Å². The Bertz CT molecular complexity index is 339. The number of rotatable bonds is 5. The van der Waals surface area contributed by atoms with Gasteiger partial charge in [-0.05, 0) is 31.9 Å². The first-order chi connectivity index (χ1) is 7.61. The van der Waals surface area contributed by atoms with Crippen molar-refractivity contribution in [1.82, 2.24) is 0 Å². The third-order valence-corrected chi connectivity index (χ3v) is 3.50. The first-order valence-corrected chi connectivity index (χ1v) is 7.21. The maximum absolute atomic E-state index is 6.32. The summed E-state index contributed by atoms with van der Waals surface area (Å²) in [6.45, 7) is 7.65. The second kappa shape index (κ2) is 6.51. The number of alkyl halides is 1. The van der Waals surface area contributed by atoms with E-state index in [1.807, 2.05) is 12.1 Å². The molecule has 3 heteroatoms. The topological polar surface area (TPSA) is 3.24 Å². The Morgan fingerprint density at radius 2 is 2.06 bits per heavy atom. The summed E-state index contributed by atoms with van der Waals surface area (Å²) >= 11 is 9.85. The fourth-order valence-corrected chi connectivity index (χ4v) is 2.61. The molecule has 0 fully saturated rings. The highest BCUT2D eigenvalue weighted by Crippen LogP contribution is 2.32. The molecule has 1 rings (SSSR count). The van der Waals surface area contributed by atoms with E-state index in [4.69, 9.17) is 11.6 Å². The van der Waals surface area contributed by atoms with E-state index in [1.54, 1.807) is 0 Å². The lowest BCUT2D eigenvalue weighted by Gasteiger charge is -2.31. The van der Waals surface area contributed by atoms with E-state index in [-0.39, 0.29) is 0 Å². The van der Waals surface area contributed by atoms with Crippen molar-refractivity contribution in [3.8, 4) is 0 Å². The van der Waals surface area contributed by atoms with Crippen LogP contribution in [0.1, 0.15) is 32.8 Å². The zero-order valence-electron chi connectivity index (χ0n) is 10.1. The van der Waals surface area contributed by atoms with Gasteiger partial charge in [0.05, 0.1) is 10.7 Å². The molecule has 0 N–H and O–H groups in total. The second-order valence-corrected chi connectivity index (χ2v) is 5.14. The molecule has 0 saturated heterocycles. The number of hydrogen-bond donors (Lipinski definition) is 0. The molecule has 0 aliphatic heterocycles. The van der Waals surface area contributed by atoms with Crippen LogP contribution in [-0.2, 0) is 5.33 Å². The van der Waals surface area contributed by atoms with Crippen LogP contribution < -0.4 is 4.90 Å². The molecule has 0 aliphatic rings. The Hall–Kier alpha value is -0.210. The molecule has 0 aromatic heterocycles. The fourth-order valence-electron chi connectivity index (χ4n) is 1.86. The molecule has 0 radical (unpaired) electrons. The predicted molar refractivity (Wildman–Crippen MR) is 76.9 cm³/mol. The van der Waals surface area contributed by atoms with Crippen molar-refractivity contribution >= 4 is 33.2 Å². The minimum Gasteiger partial charge on any atom is -0.368 e. The summed E-state index contributed by atoms with van der Waals surface area (Å²) in [4.78, 5) is 2.37. The molecule has 0 saturated carbocycles. The highest BCUT2D eigenvalue weighted by atomic mass is 79.9. The second-order valence-electron chi connectivity index (χ2n) is 4.17. The molecule has 90 valence electrons. The van der Waals surface area contributed by atoms with Crippen molar-refractivity contribution in [3.63, 3.8) is 0 Å². The molecule has 0 atom stereocenters. The van der Waals surface area contributed by atoms with Gasteiger partial charge in [-0.15, -0.1) is 0 Å². The summed E-state index contributed by atoms with van der Waals surface area (Å²) in [5.41, 5.74) is 2.44. The van der Waals surface area contributed by atoms with Gasteiger partial charge in [0.2, 0.25) is 0 Å². The van der Waals surface area contributed by atoms with E-state index in [2.05, 4.69) is 47.7 Å². The van der Waals surface area contributed by atoms with Crippen molar-refractivity contribution in [3.05, 3.63) is 28.8 Å². The van der Waals surface area contributed by atoms with E-state index in [0.717, 1.165) is 23.3 Å². The summed E-state index contributed by atoms with van der Waals surface area (Å²) < 4.78 is 0. The van der Waals surface area contributed by atoms with Gasteiger partial charge >= 0.3 is 0 Å². The number of para-hydroxylation sites is 1. The number of nitrogens with zero attached hydrogens (tertiary/aromatic N) is 1. The van der Waals surface area contributed by atoms with E-state index in [0.29, 0.717) is 6.04 Å². The fraction of sp³-hybridized carbons (Fsp3) is 0.538. The van der Waals surface area contributed by atoms with Crippen LogP contribution >= 0.6 is 27.5 Å². The van der Waals surface area contributed by atoms with Crippen molar-refractivity contribution < 1.29 is 0 Å². The van der Waals surface area contributed by atoms with Crippen LogP contribution in [0.3, 0.4) is 0 Å². The standard InChI is InChI=1S/C13H19BrClN/c1-4-8-16(10(2)3)13-11(9-14)6-5-7-12(13)15/h5-7,10H,4,8-9H2,1-3H3. The normalized spacial score (nSPS) is 10.9. The molecular weight excluding hydrogens is 286 g/mol. The monoisotopic (exact) mass is 303 g/mol. The minimum atomic E-state index is 0.470. The van der Waals surface area contributed by atoms with Gasteiger partial charge in [0.15, 0.2) is 0 Å². The maximum Gasteiger partial charge on any atom is 0.0642 e. The largest absolute Gasteiger partial charge is 0.368 e. The molecule has 1 nitrogen and oxygen atoms in total. The predicted octanol–water partition coefficient (Wildman–Crippen LogP) is 4.86. The lowest BCUT2D eigenvalue weighted by atomic mass is 10.1. The number of anilines is 1. The summed E-state index contributed by atoms with van der Waals surface area (Å²) in [5, 5.41) is 1.69. The molecule has 0 amide bonds. The average Bonchev–Trinajstić information content (AvgIpc) is 2.26. The van der Waals surface area contributed by atoms with Crippen LogP contribution in [0.5, 0.6) is 0 Å². The van der Waals surface area contributed by atoms with E-state index in [1.165, 1.54) is 11.3 Å². The average molecular weight is 305 g/mol. The summed E-state index contributed by atoms with van der Waals surface area (Å²) in [5.74, 6) is 0. The Balaban J connectivity index is 3.16. The molecule has 1 aromatic rings. The lowest BCUT2D eigenvalue weighted by Crippen LogP contribution is -2.32. The highest BCUT2D eigenvalue weighted by Gasteiger charge is 2.16. The molecule has 0 bridgehead atoms. The van der Waals surface area contributed by atoms with Crippen LogP contribution in [0.15, 0.2) is 18.2 Å². The van der Waals surface area contributed by atoms with Crippen LogP contribution in [0, 0.1) is 0 Å². The van der Waals surface area contributed by atoms with Gasteiger partial charge in [-0.3, -0.25) is 0 Å². The summed E-state index contributed by atoms with van der Waals surface area (Å²) in [6.07, 6.45) is 1.13. The highest BCUT2D eigenvalue weighted by molar-refractivity contribution is 9.08. The maximum atomic E-state index is 6.32. The van der Waals surface area contributed by atoms with Crippen LogP contribution in [-0.4, -0.2) is 12.6 Å². The molecule has 0 heterocycles. The first kappa shape index (κ1) is 13.9. The molecule has 1 aromatic carbocycles. The molecule has 16 heavy (non-hydrogen) atoms.